The molecule has 0 aliphatic carbocycles. The van der Waals surface area contributed by atoms with Gasteiger partial charge in [-0.2, -0.15) is 0 Å². The third-order valence-electron chi connectivity index (χ3n) is 16.7. The van der Waals surface area contributed by atoms with Gasteiger partial charge in [0.25, 0.3) is 0 Å². The number of nitrogens with one attached hydrogen (secondary N) is 13. The number of aliphatic imine (C=N–C) groups is 1. The molecule has 3 aromatic heterocycles. The standard InChI is InChI=1S/C65H99N21O17/c1-30(2)19-40(66)55(94)79-43(20-31(3)4)56(95)76-32(5)54(93)78-47(24-49(90)91)60(99)84-52(35(8)89)63(102)85-51(34(7)88)62(101)82-46(23-38-27-71-29-75-38)58(97)80-45(22-37-26-70-28-74-37)57(96)77-42(15-11-17-72-65(68)69)64(103)86-18-12-16-48(86)61(100)81-44(59(98)83-50(33(6)87)53(67)92)21-36-25-73-41-14-10-9-13-39(36)41/h9-10,13-14,25-35,40,42-48,50-52,73,87-89H,11-12,15-24,66H2,1-8H3,(H2,67,92)(H,70,74)(H,71,75)(H,76,95)(H,77,96)(H,78,93)(H,79,94)(H,80,97)(H,81,100)(H,82,101)(H,83,98)(H,84,99)(H,85,102)(H,90,91)(H4,68,69,72)/t32-,33+,34+,35+,40-,42-,43-,44-,45-,46-,47-,48-,50-,51-,52-/m0/s1. The van der Waals surface area contributed by atoms with E-state index in [9.17, 15) is 82.8 Å². The number of carboxylic acid groups (broad SMARTS) is 1. The monoisotopic (exact) mass is 1450 g/mol. The fraction of sp³-hybridized carbons (Fsp3) is 0.569. The summed E-state index contributed by atoms with van der Waals surface area (Å²) in [6.45, 7) is 11.8. The molecule has 12 amide bonds. The second-order valence-electron chi connectivity index (χ2n) is 26.4. The zero-order valence-electron chi connectivity index (χ0n) is 58.7. The van der Waals surface area contributed by atoms with E-state index in [1.165, 1.54) is 43.8 Å². The summed E-state index contributed by atoms with van der Waals surface area (Å²) >= 11 is 0. The van der Waals surface area contributed by atoms with Crippen molar-refractivity contribution in [3.8, 4) is 0 Å². The number of fused-ring (bicyclic) bond motifs is 1. The Morgan fingerprint density at radius 1 is 0.563 bits per heavy atom. The molecule has 4 aromatic rings. The van der Waals surface area contributed by atoms with E-state index in [2.05, 4.69) is 83.1 Å². The van der Waals surface area contributed by atoms with E-state index in [1.807, 2.05) is 13.8 Å². The average molecular weight is 1450 g/mol. The van der Waals surface area contributed by atoms with E-state index in [4.69, 9.17) is 22.9 Å². The maximum absolute atomic E-state index is 15.0. The minimum atomic E-state index is -2.04. The highest BCUT2D eigenvalue weighted by Gasteiger charge is 2.42. The Hall–Kier alpha value is -10.6. The second kappa shape index (κ2) is 39.6. The quantitative estimate of drug-likeness (QED) is 0.0112. The summed E-state index contributed by atoms with van der Waals surface area (Å²) in [5.41, 5.74) is 24.6. The van der Waals surface area contributed by atoms with Gasteiger partial charge in [0.1, 0.15) is 66.5 Å². The van der Waals surface area contributed by atoms with E-state index < -0.39 is 181 Å². The SMILES string of the molecule is CC(C)C[C@H](NC(=O)[C@@H](N)CC(C)C)C(=O)N[C@@H](C)C(=O)N[C@@H](CC(=O)O)C(=O)N[C@H](C(=O)N[C@H](C(=O)N[C@@H](Cc1cnc[nH]1)C(=O)N[C@@H](Cc1cnc[nH]1)C(=O)N[C@@H](CCCN=C(N)N)C(=O)N1CCC[C@H]1C(=O)N[C@@H](Cc1c[nH]c2ccccc12)C(=O)N[C@H](C(N)=O)[C@@H](C)O)[C@@H](C)O)[C@@H](C)O. The van der Waals surface area contributed by atoms with Crippen molar-refractivity contribution in [3.63, 3.8) is 0 Å². The van der Waals surface area contributed by atoms with Crippen molar-refractivity contribution >= 4 is 93.7 Å². The van der Waals surface area contributed by atoms with Crippen LogP contribution in [0.25, 0.3) is 10.9 Å². The molecule has 0 radical (unpaired) electrons. The number of hydrogen-bond donors (Lipinski definition) is 21. The molecule has 1 saturated heterocycles. The summed E-state index contributed by atoms with van der Waals surface area (Å²) in [4.78, 5) is 202. The van der Waals surface area contributed by atoms with Crippen LogP contribution >= 0.6 is 0 Å². The molecule has 4 heterocycles. The zero-order chi connectivity index (χ0) is 76.5. The van der Waals surface area contributed by atoms with E-state index in [1.54, 1.807) is 44.3 Å². The number of hydrogen-bond acceptors (Lipinski definition) is 20. The highest BCUT2D eigenvalue weighted by molar-refractivity contribution is 6.00. The Kier molecular flexibility index (Phi) is 31.9. The van der Waals surface area contributed by atoms with Crippen LogP contribution in [0.5, 0.6) is 0 Å². The maximum atomic E-state index is 15.0. The van der Waals surface area contributed by atoms with Gasteiger partial charge in [-0.15, -0.1) is 0 Å². The van der Waals surface area contributed by atoms with Crippen LogP contribution in [0.1, 0.15) is 117 Å². The van der Waals surface area contributed by atoms with Crippen LogP contribution in [0.3, 0.4) is 0 Å². The number of H-pyrrole nitrogens is 3. The number of benzene rings is 1. The van der Waals surface area contributed by atoms with Gasteiger partial charge in [-0.25, -0.2) is 9.97 Å². The molecule has 1 aromatic carbocycles. The van der Waals surface area contributed by atoms with Crippen LogP contribution in [0, 0.1) is 11.8 Å². The van der Waals surface area contributed by atoms with Crippen LogP contribution in [-0.4, -0.2) is 237 Å². The first-order chi connectivity index (χ1) is 48.5. The molecule has 566 valence electrons. The van der Waals surface area contributed by atoms with Crippen LogP contribution < -0.4 is 76.1 Å². The highest BCUT2D eigenvalue weighted by Crippen LogP contribution is 2.23. The lowest BCUT2D eigenvalue weighted by Crippen LogP contribution is -2.63. The summed E-state index contributed by atoms with van der Waals surface area (Å²) in [5, 5.41) is 67.3. The summed E-state index contributed by atoms with van der Waals surface area (Å²) in [6.07, 6.45) is 0.552. The fourth-order valence-electron chi connectivity index (χ4n) is 11.4. The minimum Gasteiger partial charge on any atom is -0.481 e. The van der Waals surface area contributed by atoms with Crippen molar-refractivity contribution in [2.45, 2.75) is 210 Å². The summed E-state index contributed by atoms with van der Waals surface area (Å²) in [6, 6.07) is -11.4. The van der Waals surface area contributed by atoms with Crippen molar-refractivity contribution in [3.05, 3.63) is 72.5 Å². The molecule has 0 unspecified atom stereocenters. The fourth-order valence-corrected chi connectivity index (χ4v) is 11.4. The van der Waals surface area contributed by atoms with Gasteiger partial charge in [0, 0.05) is 73.2 Å². The molecule has 1 aliphatic rings. The number of aromatic nitrogens is 5. The Morgan fingerprint density at radius 3 is 1.58 bits per heavy atom. The van der Waals surface area contributed by atoms with E-state index in [0.717, 1.165) is 19.4 Å². The predicted octanol–water partition coefficient (Wildman–Crippen LogP) is -5.92. The number of aromatic amines is 3. The molecule has 0 saturated carbocycles. The van der Waals surface area contributed by atoms with E-state index in [0.29, 0.717) is 17.4 Å². The number of nitrogens with zero attached hydrogens (tertiary/aromatic N) is 4. The lowest BCUT2D eigenvalue weighted by Gasteiger charge is -2.31. The molecule has 5 rings (SSSR count). The largest absolute Gasteiger partial charge is 0.481 e. The van der Waals surface area contributed by atoms with Crippen molar-refractivity contribution in [2.24, 2.45) is 39.8 Å². The van der Waals surface area contributed by atoms with Crippen molar-refractivity contribution in [1.29, 1.82) is 0 Å². The number of rotatable bonds is 41. The van der Waals surface area contributed by atoms with Crippen LogP contribution in [0.2, 0.25) is 0 Å². The Morgan fingerprint density at radius 2 is 1.05 bits per heavy atom. The molecule has 15 atom stereocenters. The van der Waals surface area contributed by atoms with Gasteiger partial charge < -0.3 is 116 Å². The summed E-state index contributed by atoms with van der Waals surface area (Å²) in [5.74, 6) is -13.9. The predicted molar refractivity (Wildman–Crippen MR) is 370 cm³/mol. The number of para-hydroxylation sites is 1. The van der Waals surface area contributed by atoms with Gasteiger partial charge in [0.2, 0.25) is 70.9 Å². The van der Waals surface area contributed by atoms with Gasteiger partial charge in [-0.05, 0) is 89.7 Å². The molecule has 38 heteroatoms. The number of amides is 12. The maximum Gasteiger partial charge on any atom is 0.305 e. The van der Waals surface area contributed by atoms with E-state index >= 15 is 0 Å². The molecular formula is C65H99N21O17. The molecule has 103 heavy (non-hydrogen) atoms. The lowest BCUT2D eigenvalue weighted by molar-refractivity contribution is -0.142. The smallest absolute Gasteiger partial charge is 0.305 e. The first-order valence-electron chi connectivity index (χ1n) is 33.7. The number of nitrogens with two attached hydrogens (primary N) is 4. The van der Waals surface area contributed by atoms with Crippen LogP contribution in [0.4, 0.5) is 0 Å². The van der Waals surface area contributed by atoms with Crippen LogP contribution in [0.15, 0.2) is 60.5 Å². The van der Waals surface area contributed by atoms with Gasteiger partial charge in [-0.1, -0.05) is 45.9 Å². The number of aliphatic carboxylic acids is 1. The second-order valence-corrected chi connectivity index (χ2v) is 26.4. The Labute approximate surface area is 593 Å². The number of aliphatic hydroxyl groups excluding tert-OH is 3. The first kappa shape index (κ1) is 83.1. The Bertz CT molecular complexity index is 3590. The van der Waals surface area contributed by atoms with Crippen molar-refractivity contribution in [1.82, 2.24) is 83.0 Å². The number of likely N-dealkylation sites (tertiary alicyclic amines) is 1. The molecule has 1 fully saturated rings. The van der Waals surface area contributed by atoms with Gasteiger partial charge in [0.15, 0.2) is 5.96 Å². The number of primary amides is 1. The van der Waals surface area contributed by atoms with Crippen LogP contribution in [-0.2, 0) is 81.6 Å². The number of carbonyl (C=O) groups excluding carboxylic acids is 12. The van der Waals surface area contributed by atoms with E-state index in [-0.39, 0.29) is 87.2 Å². The van der Waals surface area contributed by atoms with Gasteiger partial charge >= 0.3 is 5.97 Å². The molecule has 1 aliphatic heterocycles. The number of imidazole rings is 2. The first-order valence-corrected chi connectivity index (χ1v) is 33.7. The number of aliphatic hydroxyl groups is 3. The molecule has 0 spiro atoms. The topological polar surface area (TPSA) is 616 Å². The summed E-state index contributed by atoms with van der Waals surface area (Å²) in [7, 11) is 0. The highest BCUT2D eigenvalue weighted by atomic mass is 16.4. The van der Waals surface area contributed by atoms with Crippen molar-refractivity contribution < 1.29 is 82.8 Å². The zero-order valence-corrected chi connectivity index (χ0v) is 58.7. The summed E-state index contributed by atoms with van der Waals surface area (Å²) < 4.78 is 0. The third-order valence-corrected chi connectivity index (χ3v) is 16.7. The number of carbonyl (C=O) groups is 13. The number of carboxylic acids is 1. The third kappa shape index (κ3) is 25.8. The minimum absolute atomic E-state index is 0.0101. The van der Waals surface area contributed by atoms with Gasteiger partial charge in [-0.3, -0.25) is 67.3 Å². The molecule has 25 N–H and O–H groups in total. The Balaban J connectivity index is 1.36. The normalized spacial score (nSPS) is 17.0. The lowest BCUT2D eigenvalue weighted by atomic mass is 10.0. The number of guanidine groups is 1. The van der Waals surface area contributed by atoms with Gasteiger partial charge in [0.05, 0.1) is 43.4 Å². The molecule has 38 nitrogen and oxygen atoms in total. The molecule has 0 bridgehead atoms. The van der Waals surface area contributed by atoms with Crippen molar-refractivity contribution in [2.75, 3.05) is 13.1 Å². The average Bonchev–Trinajstić information content (AvgIpc) is 1.71. The molecular weight excluding hydrogens is 1350 g/mol.